The van der Waals surface area contributed by atoms with Gasteiger partial charge in [0.15, 0.2) is 0 Å². The molecule has 1 unspecified atom stereocenters. The van der Waals surface area contributed by atoms with Crippen molar-refractivity contribution in [1.82, 2.24) is 4.98 Å². The number of aromatic carboxylic acids is 1. The summed E-state index contributed by atoms with van der Waals surface area (Å²) in [5.41, 5.74) is 0.845. The maximum Gasteiger partial charge on any atom is 0.335 e. The summed E-state index contributed by atoms with van der Waals surface area (Å²) in [6.45, 7) is 0. The first kappa shape index (κ1) is 19.0. The molecule has 10 heteroatoms. The number of benzene rings is 2. The van der Waals surface area contributed by atoms with Gasteiger partial charge in [-0.3, -0.25) is 4.55 Å². The van der Waals surface area contributed by atoms with Gasteiger partial charge in [-0.2, -0.15) is 0 Å². The molecule has 0 aliphatic carbocycles. The lowest BCUT2D eigenvalue weighted by Gasteiger charge is -2.20. The van der Waals surface area contributed by atoms with Gasteiger partial charge < -0.3 is 9.84 Å². The van der Waals surface area contributed by atoms with Crippen molar-refractivity contribution in [3.63, 3.8) is 0 Å². The lowest BCUT2D eigenvalue weighted by molar-refractivity contribution is 0.0696. The van der Waals surface area contributed by atoms with Crippen LogP contribution in [0.1, 0.15) is 10.4 Å². The number of thiazole rings is 1. The minimum Gasteiger partial charge on any atom is -0.495 e. The molecule has 0 aliphatic heterocycles. The van der Waals surface area contributed by atoms with E-state index in [1.165, 1.54) is 43.6 Å². The molecule has 1 atom stereocenters. The molecule has 3 aromatic rings. The van der Waals surface area contributed by atoms with Gasteiger partial charge in [-0.1, -0.05) is 11.3 Å². The first-order chi connectivity index (χ1) is 12.9. The van der Waals surface area contributed by atoms with E-state index in [9.17, 15) is 17.9 Å². The molecule has 27 heavy (non-hydrogen) atoms. The van der Waals surface area contributed by atoms with E-state index in [1.807, 2.05) is 0 Å². The van der Waals surface area contributed by atoms with E-state index >= 15 is 0 Å². The van der Waals surface area contributed by atoms with Crippen LogP contribution in [0.25, 0.3) is 10.6 Å². The predicted octanol–water partition coefficient (Wildman–Crippen LogP) is 3.93. The lowest BCUT2D eigenvalue weighted by atomic mass is 10.2. The Balaban J connectivity index is 2.03. The zero-order chi connectivity index (χ0) is 19.6. The standard InChI is InChI=1S/C17H13FN2O5S2/c1-25-14-8-11(17(21)22)4-7-13(14)20(27(23)24)15-9-19-16(26-15)10-2-5-12(18)6-3-10/h2-9H,1H3,(H,21,22)(H,23,24). The molecule has 1 aromatic heterocycles. The molecule has 0 bridgehead atoms. The number of hydrogen-bond donors (Lipinski definition) is 2. The molecule has 140 valence electrons. The van der Waals surface area contributed by atoms with Crippen LogP contribution in [-0.2, 0) is 11.3 Å². The molecule has 0 spiro atoms. The summed E-state index contributed by atoms with van der Waals surface area (Å²) in [6, 6.07) is 9.66. The van der Waals surface area contributed by atoms with Crippen LogP contribution in [0.2, 0.25) is 0 Å². The van der Waals surface area contributed by atoms with Gasteiger partial charge in [0.2, 0.25) is 0 Å². The number of carbonyl (C=O) groups is 1. The maximum absolute atomic E-state index is 13.1. The van der Waals surface area contributed by atoms with Crippen molar-refractivity contribution in [2.24, 2.45) is 0 Å². The molecule has 0 saturated carbocycles. The highest BCUT2D eigenvalue weighted by Crippen LogP contribution is 2.40. The summed E-state index contributed by atoms with van der Waals surface area (Å²) in [5.74, 6) is -1.40. The third kappa shape index (κ3) is 3.97. The summed E-state index contributed by atoms with van der Waals surface area (Å²) >= 11 is -1.34. The first-order valence-electron chi connectivity index (χ1n) is 7.45. The van der Waals surface area contributed by atoms with E-state index < -0.39 is 17.2 Å². The van der Waals surface area contributed by atoms with Gasteiger partial charge in [0.1, 0.15) is 21.6 Å². The van der Waals surface area contributed by atoms with E-state index in [4.69, 9.17) is 9.84 Å². The fourth-order valence-corrected chi connectivity index (χ4v) is 4.01. The number of rotatable bonds is 6. The van der Waals surface area contributed by atoms with E-state index in [-0.39, 0.29) is 22.8 Å². The molecule has 1 heterocycles. The lowest BCUT2D eigenvalue weighted by Crippen LogP contribution is -2.19. The summed E-state index contributed by atoms with van der Waals surface area (Å²) in [7, 11) is 1.33. The Morgan fingerprint density at radius 2 is 1.96 bits per heavy atom. The van der Waals surface area contributed by atoms with Crippen molar-refractivity contribution >= 4 is 39.3 Å². The highest BCUT2D eigenvalue weighted by molar-refractivity contribution is 7.81. The van der Waals surface area contributed by atoms with Gasteiger partial charge in [-0.05, 0) is 42.5 Å². The van der Waals surface area contributed by atoms with E-state index in [1.54, 1.807) is 12.1 Å². The van der Waals surface area contributed by atoms with Crippen LogP contribution in [-0.4, -0.2) is 31.9 Å². The minimum atomic E-state index is -2.46. The molecule has 0 amide bonds. The molecule has 7 nitrogen and oxygen atoms in total. The summed E-state index contributed by atoms with van der Waals surface area (Å²) in [6.07, 6.45) is 1.40. The molecule has 2 aromatic carbocycles. The van der Waals surface area contributed by atoms with E-state index in [0.717, 1.165) is 15.6 Å². The Labute approximate surface area is 160 Å². The molecular formula is C17H13FN2O5S2. The average molecular weight is 408 g/mol. The van der Waals surface area contributed by atoms with Crippen molar-refractivity contribution in [3.8, 4) is 16.3 Å². The Hall–Kier alpha value is -2.82. The highest BCUT2D eigenvalue weighted by atomic mass is 32.2. The van der Waals surface area contributed by atoms with E-state index in [2.05, 4.69) is 4.98 Å². The van der Waals surface area contributed by atoms with Crippen molar-refractivity contribution < 1.29 is 27.8 Å². The third-order valence-corrected chi connectivity index (χ3v) is 5.44. The summed E-state index contributed by atoms with van der Waals surface area (Å²) in [4.78, 5) is 15.3. The van der Waals surface area contributed by atoms with Gasteiger partial charge in [0.25, 0.3) is 11.3 Å². The number of anilines is 2. The van der Waals surface area contributed by atoms with Gasteiger partial charge in [-0.15, -0.1) is 0 Å². The minimum absolute atomic E-state index is 0.0180. The number of aromatic nitrogens is 1. The van der Waals surface area contributed by atoms with Crippen molar-refractivity contribution in [2.45, 2.75) is 0 Å². The van der Waals surface area contributed by atoms with Crippen LogP contribution in [0.5, 0.6) is 5.75 Å². The topological polar surface area (TPSA) is 100.0 Å². The average Bonchev–Trinajstić information content (AvgIpc) is 3.11. The zero-order valence-electron chi connectivity index (χ0n) is 13.8. The van der Waals surface area contributed by atoms with E-state index in [0.29, 0.717) is 15.6 Å². The molecule has 0 saturated heterocycles. The number of methoxy groups -OCH3 is 1. The van der Waals surface area contributed by atoms with Crippen LogP contribution in [0.4, 0.5) is 15.1 Å². The number of carboxylic acid groups (broad SMARTS) is 1. The smallest absolute Gasteiger partial charge is 0.335 e. The zero-order valence-corrected chi connectivity index (χ0v) is 15.5. The molecular weight excluding hydrogens is 395 g/mol. The Kier molecular flexibility index (Phi) is 5.49. The molecule has 0 fully saturated rings. The van der Waals surface area contributed by atoms with Crippen LogP contribution < -0.4 is 9.04 Å². The normalized spacial score (nSPS) is 11.8. The van der Waals surface area contributed by atoms with Crippen LogP contribution in [0.3, 0.4) is 0 Å². The SMILES string of the molecule is COc1cc(C(=O)O)ccc1N(c1cnc(-c2ccc(F)cc2)s1)S(=O)O. The van der Waals surface area contributed by atoms with Crippen LogP contribution in [0, 0.1) is 5.82 Å². The monoisotopic (exact) mass is 408 g/mol. The molecule has 0 aliphatic rings. The van der Waals surface area contributed by atoms with Gasteiger partial charge >= 0.3 is 5.97 Å². The number of carboxylic acids is 1. The fraction of sp³-hybridized carbons (Fsp3) is 0.0588. The second kappa shape index (κ2) is 7.82. The summed E-state index contributed by atoms with van der Waals surface area (Å²) < 4.78 is 41.1. The van der Waals surface area contributed by atoms with Crippen molar-refractivity contribution in [3.05, 3.63) is 60.0 Å². The van der Waals surface area contributed by atoms with Gasteiger partial charge in [0, 0.05) is 5.56 Å². The van der Waals surface area contributed by atoms with Crippen LogP contribution in [0.15, 0.2) is 48.7 Å². The molecule has 3 rings (SSSR count). The molecule has 0 radical (unpaired) electrons. The van der Waals surface area contributed by atoms with Crippen molar-refractivity contribution in [2.75, 3.05) is 11.4 Å². The fourth-order valence-electron chi connectivity index (χ4n) is 2.34. The second-order valence-corrected chi connectivity index (χ2v) is 7.06. The highest BCUT2D eigenvalue weighted by Gasteiger charge is 2.23. The Morgan fingerprint density at radius 3 is 2.56 bits per heavy atom. The van der Waals surface area contributed by atoms with Crippen molar-refractivity contribution in [1.29, 1.82) is 0 Å². The molecule has 2 N–H and O–H groups in total. The van der Waals surface area contributed by atoms with Gasteiger partial charge in [-0.25, -0.2) is 22.7 Å². The van der Waals surface area contributed by atoms with Crippen LogP contribution >= 0.6 is 11.3 Å². The maximum atomic E-state index is 13.1. The quantitative estimate of drug-likeness (QED) is 0.600. The largest absolute Gasteiger partial charge is 0.495 e. The number of hydrogen-bond acceptors (Lipinski definition) is 5. The second-order valence-electron chi connectivity index (χ2n) is 5.23. The number of ether oxygens (including phenoxy) is 1. The number of nitrogens with zero attached hydrogens (tertiary/aromatic N) is 2. The Bertz CT molecular complexity index is 1010. The summed E-state index contributed by atoms with van der Waals surface area (Å²) in [5, 5.41) is 9.96. The van der Waals surface area contributed by atoms with Gasteiger partial charge in [0.05, 0.1) is 24.6 Å². The third-order valence-electron chi connectivity index (χ3n) is 3.59. The Morgan fingerprint density at radius 1 is 1.26 bits per heavy atom. The first-order valence-corrected chi connectivity index (χ1v) is 9.33. The predicted molar refractivity (Wildman–Crippen MR) is 100 cm³/mol. The number of halogens is 1.